The fraction of sp³-hybridized carbons (Fsp3) is 0.370. The molecule has 0 unspecified atom stereocenters. The van der Waals surface area contributed by atoms with Gasteiger partial charge in [-0.05, 0) is 38.3 Å². The van der Waals surface area contributed by atoms with Crippen LogP contribution in [0, 0.1) is 0 Å². The number of carbonyl (C=O) groups is 5. The maximum absolute atomic E-state index is 13.2. The topological polar surface area (TPSA) is 157 Å². The van der Waals surface area contributed by atoms with Crippen molar-refractivity contribution >= 4 is 30.1 Å². The van der Waals surface area contributed by atoms with Gasteiger partial charge in [0.25, 0.3) is 0 Å². The first-order valence-electron chi connectivity index (χ1n) is 11.9. The van der Waals surface area contributed by atoms with E-state index >= 15 is 0 Å². The van der Waals surface area contributed by atoms with E-state index in [1.54, 1.807) is 45.0 Å². The lowest BCUT2D eigenvalue weighted by molar-refractivity contribution is -0.132. The van der Waals surface area contributed by atoms with E-state index in [-0.39, 0.29) is 12.8 Å². The summed E-state index contributed by atoms with van der Waals surface area (Å²) < 4.78 is 5.17. The van der Waals surface area contributed by atoms with Gasteiger partial charge in [0.15, 0.2) is 0 Å². The van der Waals surface area contributed by atoms with Crippen molar-refractivity contribution in [3.05, 3.63) is 71.8 Å². The maximum atomic E-state index is 13.2. The summed E-state index contributed by atoms with van der Waals surface area (Å²) in [4.78, 5) is 61.8. The van der Waals surface area contributed by atoms with Crippen LogP contribution in [-0.4, -0.2) is 53.8 Å². The normalized spacial score (nSPS) is 13.4. The van der Waals surface area contributed by atoms with Gasteiger partial charge in [0.05, 0.1) is 12.5 Å². The van der Waals surface area contributed by atoms with Gasteiger partial charge in [0, 0.05) is 6.42 Å². The minimum Gasteiger partial charge on any atom is -0.444 e. The van der Waals surface area contributed by atoms with Crippen LogP contribution in [-0.2, 0) is 36.8 Å². The Bertz CT molecular complexity index is 1070. The SMILES string of the molecule is CC(C)(C)OC(=O)N[C@@H](CC(N)=O)C(=O)N[C@@H](Cc1ccccc1)C(=O)N[C@H](C=O)Cc1ccccc1. The number of ether oxygens (including phenoxy) is 1. The highest BCUT2D eigenvalue weighted by atomic mass is 16.6. The largest absolute Gasteiger partial charge is 0.444 e. The van der Waals surface area contributed by atoms with Crippen molar-refractivity contribution < 1.29 is 28.7 Å². The summed E-state index contributed by atoms with van der Waals surface area (Å²) in [6.07, 6.45) is -0.415. The summed E-state index contributed by atoms with van der Waals surface area (Å²) >= 11 is 0. The number of benzene rings is 2. The lowest BCUT2D eigenvalue weighted by Crippen LogP contribution is -2.57. The van der Waals surface area contributed by atoms with E-state index in [2.05, 4.69) is 16.0 Å². The van der Waals surface area contributed by atoms with Crippen molar-refractivity contribution in [2.45, 2.75) is 63.8 Å². The number of nitrogens with two attached hydrogens (primary N) is 1. The Labute approximate surface area is 216 Å². The Kier molecular flexibility index (Phi) is 10.8. The molecule has 0 radical (unpaired) electrons. The molecule has 0 heterocycles. The third kappa shape index (κ3) is 10.9. The van der Waals surface area contributed by atoms with Gasteiger partial charge in [-0.15, -0.1) is 0 Å². The highest BCUT2D eigenvalue weighted by Gasteiger charge is 2.30. The first kappa shape index (κ1) is 29.0. The molecule has 37 heavy (non-hydrogen) atoms. The molecule has 0 fully saturated rings. The van der Waals surface area contributed by atoms with Crippen molar-refractivity contribution in [1.82, 2.24) is 16.0 Å². The molecule has 2 aromatic rings. The predicted molar refractivity (Wildman–Crippen MR) is 137 cm³/mol. The highest BCUT2D eigenvalue weighted by Crippen LogP contribution is 2.09. The zero-order chi connectivity index (χ0) is 27.4. The summed E-state index contributed by atoms with van der Waals surface area (Å²) in [5, 5.41) is 7.59. The van der Waals surface area contributed by atoms with Gasteiger partial charge in [-0.25, -0.2) is 4.79 Å². The number of hydrogen-bond donors (Lipinski definition) is 4. The summed E-state index contributed by atoms with van der Waals surface area (Å²) in [6, 6.07) is 14.8. The maximum Gasteiger partial charge on any atom is 0.408 e. The van der Waals surface area contributed by atoms with Crippen LogP contribution < -0.4 is 21.7 Å². The Morgan fingerprint density at radius 2 is 1.32 bits per heavy atom. The molecule has 0 saturated heterocycles. The number of carbonyl (C=O) groups excluding carboxylic acids is 5. The van der Waals surface area contributed by atoms with Crippen molar-refractivity contribution in [1.29, 1.82) is 0 Å². The fourth-order valence-electron chi connectivity index (χ4n) is 3.48. The highest BCUT2D eigenvalue weighted by molar-refractivity contribution is 5.94. The Balaban J connectivity index is 2.20. The van der Waals surface area contributed by atoms with Crippen LogP contribution in [0.4, 0.5) is 4.79 Å². The molecule has 4 amide bonds. The fourth-order valence-corrected chi connectivity index (χ4v) is 3.48. The molecule has 10 heteroatoms. The molecular formula is C27H34N4O6. The predicted octanol–water partition coefficient (Wildman–Crippen LogP) is 1.41. The second-order valence-corrected chi connectivity index (χ2v) is 9.56. The number of hydrogen-bond acceptors (Lipinski definition) is 6. The standard InChI is InChI=1S/C27H34N4O6/c1-27(2,3)37-26(36)31-22(16-23(28)33)25(35)30-21(15-19-12-8-5-9-13-19)24(34)29-20(17-32)14-18-10-6-4-7-11-18/h4-13,17,20-22H,14-16H2,1-3H3,(H2,28,33)(H,29,34)(H,30,35)(H,31,36)/t20-,21-,22-/m0/s1. The van der Waals surface area contributed by atoms with E-state index in [4.69, 9.17) is 10.5 Å². The number of rotatable bonds is 12. The number of primary amides is 1. The first-order valence-corrected chi connectivity index (χ1v) is 11.9. The zero-order valence-electron chi connectivity index (χ0n) is 21.2. The first-order chi connectivity index (χ1) is 17.5. The molecule has 0 aromatic heterocycles. The summed E-state index contributed by atoms with van der Waals surface area (Å²) in [5.41, 5.74) is 6.04. The van der Waals surface area contributed by atoms with Crippen LogP contribution in [0.3, 0.4) is 0 Å². The average molecular weight is 511 g/mol. The molecule has 0 aliphatic rings. The Morgan fingerprint density at radius 1 is 0.811 bits per heavy atom. The molecule has 2 aromatic carbocycles. The molecule has 3 atom stereocenters. The smallest absolute Gasteiger partial charge is 0.408 e. The van der Waals surface area contributed by atoms with Crippen molar-refractivity contribution in [2.24, 2.45) is 5.73 Å². The summed E-state index contributed by atoms with van der Waals surface area (Å²) in [7, 11) is 0. The molecule has 2 rings (SSSR count). The van der Waals surface area contributed by atoms with Gasteiger partial charge >= 0.3 is 6.09 Å². The number of aldehydes is 1. The van der Waals surface area contributed by atoms with Gasteiger partial charge in [-0.3, -0.25) is 14.4 Å². The summed E-state index contributed by atoms with van der Waals surface area (Å²) in [5.74, 6) is -2.23. The van der Waals surface area contributed by atoms with Crippen molar-refractivity contribution in [2.75, 3.05) is 0 Å². The molecule has 5 N–H and O–H groups in total. The van der Waals surface area contributed by atoms with E-state index in [1.165, 1.54) is 0 Å². The third-order valence-corrected chi connectivity index (χ3v) is 5.12. The van der Waals surface area contributed by atoms with E-state index in [0.29, 0.717) is 6.29 Å². The average Bonchev–Trinajstić information content (AvgIpc) is 2.82. The van der Waals surface area contributed by atoms with Crippen LogP contribution >= 0.6 is 0 Å². The van der Waals surface area contributed by atoms with Crippen molar-refractivity contribution in [3.8, 4) is 0 Å². The van der Waals surface area contributed by atoms with Crippen LogP contribution in [0.25, 0.3) is 0 Å². The molecule has 10 nitrogen and oxygen atoms in total. The van der Waals surface area contributed by atoms with Gasteiger partial charge in [-0.2, -0.15) is 0 Å². The molecule has 0 saturated carbocycles. The van der Waals surface area contributed by atoms with E-state index < -0.39 is 54.0 Å². The lowest BCUT2D eigenvalue weighted by Gasteiger charge is -2.25. The minimum absolute atomic E-state index is 0.102. The van der Waals surface area contributed by atoms with Gasteiger partial charge in [0.1, 0.15) is 24.0 Å². The number of nitrogens with one attached hydrogen (secondary N) is 3. The van der Waals surface area contributed by atoms with Gasteiger partial charge < -0.3 is 31.2 Å². The molecule has 0 aliphatic carbocycles. The van der Waals surface area contributed by atoms with Crippen LogP contribution in [0.15, 0.2) is 60.7 Å². The molecule has 198 valence electrons. The molecule has 0 spiro atoms. The Hall–Kier alpha value is -4.21. The third-order valence-electron chi connectivity index (χ3n) is 5.12. The zero-order valence-corrected chi connectivity index (χ0v) is 21.2. The molecular weight excluding hydrogens is 476 g/mol. The second-order valence-electron chi connectivity index (χ2n) is 9.56. The van der Waals surface area contributed by atoms with Gasteiger partial charge in [0.2, 0.25) is 17.7 Å². The van der Waals surface area contributed by atoms with Crippen LogP contribution in [0.1, 0.15) is 38.3 Å². The quantitative estimate of drug-likeness (QED) is 0.316. The monoisotopic (exact) mass is 510 g/mol. The van der Waals surface area contributed by atoms with Crippen LogP contribution in [0.5, 0.6) is 0 Å². The van der Waals surface area contributed by atoms with E-state index in [1.807, 2.05) is 36.4 Å². The summed E-state index contributed by atoms with van der Waals surface area (Å²) in [6.45, 7) is 4.94. The van der Waals surface area contributed by atoms with E-state index in [9.17, 15) is 24.0 Å². The van der Waals surface area contributed by atoms with Crippen molar-refractivity contribution in [3.63, 3.8) is 0 Å². The number of amides is 4. The number of alkyl carbamates (subject to hydrolysis) is 1. The molecule has 0 bridgehead atoms. The molecule has 0 aliphatic heterocycles. The van der Waals surface area contributed by atoms with Crippen LogP contribution in [0.2, 0.25) is 0 Å². The second kappa shape index (κ2) is 13.8. The lowest BCUT2D eigenvalue weighted by atomic mass is 10.0. The Morgan fingerprint density at radius 3 is 1.81 bits per heavy atom. The van der Waals surface area contributed by atoms with Gasteiger partial charge in [-0.1, -0.05) is 60.7 Å². The van der Waals surface area contributed by atoms with E-state index in [0.717, 1.165) is 11.1 Å². The minimum atomic E-state index is -1.37.